The van der Waals surface area contributed by atoms with Crippen molar-refractivity contribution in [2.75, 3.05) is 0 Å². The highest BCUT2D eigenvalue weighted by Crippen LogP contribution is 2.33. The van der Waals surface area contributed by atoms with Gasteiger partial charge < -0.3 is 20.0 Å². The predicted molar refractivity (Wildman–Crippen MR) is 148 cm³/mol. The zero-order chi connectivity index (χ0) is 26.4. The summed E-state index contributed by atoms with van der Waals surface area (Å²) >= 11 is 1.98. The largest absolute Gasteiger partial charge is 0.507 e. The number of phenolic OH excluding ortho intramolecular Hbond substituents is 1. The van der Waals surface area contributed by atoms with Gasteiger partial charge in [-0.05, 0) is 71.3 Å². The number of carbonyl (C=O) groups is 3. The lowest BCUT2D eigenvalue weighted by Gasteiger charge is -2.06. The third-order valence-corrected chi connectivity index (χ3v) is 6.79. The summed E-state index contributed by atoms with van der Waals surface area (Å²) in [4.78, 5) is 37.0. The van der Waals surface area contributed by atoms with E-state index in [2.05, 4.69) is 0 Å². The lowest BCUT2D eigenvalue weighted by Crippen LogP contribution is -2.11. The van der Waals surface area contributed by atoms with Crippen LogP contribution in [0.4, 0.5) is 0 Å². The Morgan fingerprint density at radius 3 is 2.46 bits per heavy atom. The van der Waals surface area contributed by atoms with Crippen LogP contribution in [0.1, 0.15) is 52.9 Å². The summed E-state index contributed by atoms with van der Waals surface area (Å²) in [5.41, 5.74) is 7.38. The molecule has 0 radical (unpaired) electrons. The van der Waals surface area contributed by atoms with Crippen molar-refractivity contribution in [2.24, 2.45) is 5.73 Å². The molecule has 37 heavy (non-hydrogen) atoms. The molecule has 0 aliphatic rings. The molecule has 0 aliphatic heterocycles. The SMILES string of the molecule is NC(=O)CCCCCc1oc2cc(OC(=O)Cc3ccccc3)ccc2c1C(=O)c1ccc(O)c(I)c1. The van der Waals surface area contributed by atoms with Gasteiger partial charge >= 0.3 is 5.97 Å². The van der Waals surface area contributed by atoms with Gasteiger partial charge in [0, 0.05) is 29.9 Å². The van der Waals surface area contributed by atoms with Gasteiger partial charge in [-0.1, -0.05) is 36.8 Å². The number of benzene rings is 3. The number of esters is 1. The molecule has 4 rings (SSSR count). The Hall–Kier alpha value is -3.66. The fourth-order valence-electron chi connectivity index (χ4n) is 4.10. The van der Waals surface area contributed by atoms with Crippen LogP contribution in [0.25, 0.3) is 11.0 Å². The average Bonchev–Trinajstić information content (AvgIpc) is 3.22. The second kappa shape index (κ2) is 12.1. The molecule has 0 saturated carbocycles. The van der Waals surface area contributed by atoms with Crippen LogP contribution in [0.5, 0.6) is 11.5 Å². The third-order valence-electron chi connectivity index (χ3n) is 5.92. The van der Waals surface area contributed by atoms with Crippen LogP contribution in [-0.4, -0.2) is 22.8 Å². The standard InChI is InChI=1S/C29H26INO6/c30-22-16-19(11-14-23(22)32)29(35)28-21-13-12-20(36-27(34)15-18-7-3-1-4-8-18)17-25(21)37-24(28)9-5-2-6-10-26(31)33/h1,3-4,7-8,11-14,16-17,32H,2,5-6,9-10,15H2,(H2,31,33). The Balaban J connectivity index is 1.60. The second-order valence-electron chi connectivity index (χ2n) is 8.72. The van der Waals surface area contributed by atoms with Crippen LogP contribution in [0.2, 0.25) is 0 Å². The number of ether oxygens (including phenoxy) is 1. The summed E-state index contributed by atoms with van der Waals surface area (Å²) in [5.74, 6) is -0.00984. The number of fused-ring (bicyclic) bond motifs is 1. The molecule has 1 aromatic heterocycles. The molecule has 0 saturated heterocycles. The Kier molecular flexibility index (Phi) is 8.60. The fraction of sp³-hybridized carbons (Fsp3) is 0.207. The van der Waals surface area contributed by atoms with Crippen molar-refractivity contribution in [3.8, 4) is 11.5 Å². The van der Waals surface area contributed by atoms with E-state index in [1.165, 1.54) is 6.07 Å². The second-order valence-corrected chi connectivity index (χ2v) is 9.88. The summed E-state index contributed by atoms with van der Waals surface area (Å²) in [6.45, 7) is 0. The zero-order valence-electron chi connectivity index (χ0n) is 20.0. The number of aryl methyl sites for hydroxylation is 1. The van der Waals surface area contributed by atoms with Crippen molar-refractivity contribution in [1.29, 1.82) is 0 Å². The Morgan fingerprint density at radius 1 is 0.946 bits per heavy atom. The molecule has 0 bridgehead atoms. The van der Waals surface area contributed by atoms with Crippen molar-refractivity contribution < 1.29 is 28.6 Å². The molecule has 1 heterocycles. The molecule has 7 nitrogen and oxygen atoms in total. The number of nitrogens with two attached hydrogens (primary N) is 1. The summed E-state index contributed by atoms with van der Waals surface area (Å²) in [6.07, 6.45) is 3.07. The van der Waals surface area contributed by atoms with Gasteiger partial charge in [0.1, 0.15) is 22.8 Å². The molecule has 4 aromatic rings. The van der Waals surface area contributed by atoms with Gasteiger partial charge in [-0.25, -0.2) is 0 Å². The normalized spacial score (nSPS) is 10.9. The molecule has 1 amide bonds. The zero-order valence-corrected chi connectivity index (χ0v) is 22.2. The fourth-order valence-corrected chi connectivity index (χ4v) is 4.62. The van der Waals surface area contributed by atoms with Gasteiger partial charge in [-0.3, -0.25) is 14.4 Å². The summed E-state index contributed by atoms with van der Waals surface area (Å²) < 4.78 is 12.2. The van der Waals surface area contributed by atoms with E-state index in [1.54, 1.807) is 30.3 Å². The average molecular weight is 611 g/mol. The maximum Gasteiger partial charge on any atom is 0.315 e. The molecule has 3 N–H and O–H groups in total. The van der Waals surface area contributed by atoms with Crippen LogP contribution >= 0.6 is 22.6 Å². The molecule has 0 atom stereocenters. The molecule has 3 aromatic carbocycles. The molecular weight excluding hydrogens is 585 g/mol. The number of primary amides is 1. The molecule has 0 unspecified atom stereocenters. The number of halogens is 1. The lowest BCUT2D eigenvalue weighted by atomic mass is 9.98. The highest BCUT2D eigenvalue weighted by molar-refractivity contribution is 14.1. The third kappa shape index (κ3) is 6.76. The number of hydrogen-bond donors (Lipinski definition) is 2. The van der Waals surface area contributed by atoms with Gasteiger partial charge in [-0.15, -0.1) is 0 Å². The van der Waals surface area contributed by atoms with E-state index in [4.69, 9.17) is 14.9 Å². The number of hydrogen-bond acceptors (Lipinski definition) is 6. The molecule has 0 fully saturated rings. The van der Waals surface area contributed by atoms with Gasteiger partial charge in [-0.2, -0.15) is 0 Å². The van der Waals surface area contributed by atoms with Gasteiger partial charge in [0.05, 0.1) is 15.6 Å². The summed E-state index contributed by atoms with van der Waals surface area (Å²) in [7, 11) is 0. The van der Waals surface area contributed by atoms with E-state index in [0.29, 0.717) is 62.9 Å². The summed E-state index contributed by atoms with van der Waals surface area (Å²) in [6, 6.07) is 19.0. The molecular formula is C29H26INO6. The van der Waals surface area contributed by atoms with Crippen LogP contribution < -0.4 is 10.5 Å². The Morgan fingerprint density at radius 2 is 1.73 bits per heavy atom. The van der Waals surface area contributed by atoms with Gasteiger partial charge in [0.15, 0.2) is 5.78 Å². The first-order valence-electron chi connectivity index (χ1n) is 11.9. The predicted octanol–water partition coefficient (Wildman–Crippen LogP) is 5.71. The van der Waals surface area contributed by atoms with Crippen LogP contribution in [-0.2, 0) is 22.4 Å². The first-order valence-corrected chi connectivity index (χ1v) is 13.0. The van der Waals surface area contributed by atoms with Crippen molar-refractivity contribution in [3.05, 3.63) is 92.8 Å². The van der Waals surface area contributed by atoms with Crippen molar-refractivity contribution >= 4 is 51.2 Å². The van der Waals surface area contributed by atoms with Crippen molar-refractivity contribution in [1.82, 2.24) is 0 Å². The van der Waals surface area contributed by atoms with E-state index in [9.17, 15) is 19.5 Å². The maximum atomic E-state index is 13.6. The van der Waals surface area contributed by atoms with Gasteiger partial charge in [0.25, 0.3) is 0 Å². The Labute approximate surface area is 227 Å². The number of unbranched alkanes of at least 4 members (excludes halogenated alkanes) is 2. The number of ketones is 1. The number of furan rings is 1. The van der Waals surface area contributed by atoms with Crippen LogP contribution in [0.15, 0.2) is 71.1 Å². The molecule has 0 spiro atoms. The molecule has 190 valence electrons. The number of rotatable bonds is 11. The Bertz CT molecular complexity index is 1440. The topological polar surface area (TPSA) is 120 Å². The monoisotopic (exact) mass is 611 g/mol. The van der Waals surface area contributed by atoms with E-state index >= 15 is 0 Å². The lowest BCUT2D eigenvalue weighted by molar-refractivity contribution is -0.133. The minimum atomic E-state index is -0.401. The quantitative estimate of drug-likeness (QED) is 0.0738. The number of aromatic hydroxyl groups is 1. The maximum absolute atomic E-state index is 13.6. The first-order chi connectivity index (χ1) is 17.8. The van der Waals surface area contributed by atoms with E-state index in [-0.39, 0.29) is 23.9 Å². The first kappa shape index (κ1) is 26.4. The number of carbonyl (C=O) groups excluding carboxylic acids is 3. The van der Waals surface area contributed by atoms with Crippen molar-refractivity contribution in [3.63, 3.8) is 0 Å². The number of phenols is 1. The molecule has 8 heteroatoms. The van der Waals surface area contributed by atoms with E-state index in [1.807, 2.05) is 52.9 Å². The minimum absolute atomic E-state index is 0.103. The smallest absolute Gasteiger partial charge is 0.315 e. The summed E-state index contributed by atoms with van der Waals surface area (Å²) in [5, 5.41) is 10.5. The van der Waals surface area contributed by atoms with Crippen LogP contribution in [0.3, 0.4) is 0 Å². The van der Waals surface area contributed by atoms with E-state index < -0.39 is 5.97 Å². The van der Waals surface area contributed by atoms with Gasteiger partial charge in [0.2, 0.25) is 5.91 Å². The number of amides is 1. The minimum Gasteiger partial charge on any atom is -0.507 e. The van der Waals surface area contributed by atoms with Crippen molar-refractivity contribution in [2.45, 2.75) is 38.5 Å². The van der Waals surface area contributed by atoms with Crippen LogP contribution in [0, 0.1) is 3.57 Å². The van der Waals surface area contributed by atoms with E-state index in [0.717, 1.165) is 12.0 Å². The highest BCUT2D eigenvalue weighted by atomic mass is 127. The highest BCUT2D eigenvalue weighted by Gasteiger charge is 2.23. The molecule has 0 aliphatic carbocycles.